The highest BCUT2D eigenvalue weighted by molar-refractivity contribution is 6.44. The molecule has 0 bridgehead atoms. The summed E-state index contributed by atoms with van der Waals surface area (Å²) in [6.45, 7) is 0. The van der Waals surface area contributed by atoms with E-state index in [1.165, 1.54) is 17.1 Å². The second kappa shape index (κ2) is 10.7. The smallest absolute Gasteiger partial charge is 0.282 e. The summed E-state index contributed by atoms with van der Waals surface area (Å²) in [6, 6.07) is 18.7. The first-order chi connectivity index (χ1) is 17.1. The van der Waals surface area contributed by atoms with Crippen LogP contribution in [0.1, 0.15) is 11.1 Å². The van der Waals surface area contributed by atoms with Crippen LogP contribution in [0.5, 0.6) is 0 Å². The molecule has 0 atom stereocenters. The van der Waals surface area contributed by atoms with Crippen LogP contribution >= 0.6 is 34.8 Å². The van der Waals surface area contributed by atoms with Crippen molar-refractivity contribution in [2.24, 2.45) is 10.1 Å². The minimum absolute atomic E-state index is 0.212. The van der Waals surface area contributed by atoms with Gasteiger partial charge in [-0.05, 0) is 53.6 Å². The van der Waals surface area contributed by atoms with Crippen LogP contribution in [0, 0.1) is 0 Å². The number of carbonyl (C=O) groups excluding carboxylic acids is 1. The van der Waals surface area contributed by atoms with Gasteiger partial charge in [0.05, 0.1) is 15.6 Å². The number of hydrogen-bond donors (Lipinski definition) is 0. The first kappa shape index (κ1) is 25.8. The number of aliphatic imine (C=N–C) groups is 1. The second-order valence-corrected chi connectivity index (χ2v) is 9.80. The van der Waals surface area contributed by atoms with Crippen molar-refractivity contribution in [2.45, 2.75) is 0 Å². The van der Waals surface area contributed by atoms with Crippen molar-refractivity contribution in [1.82, 2.24) is 0 Å². The maximum atomic E-state index is 13.5. The van der Waals surface area contributed by atoms with E-state index in [-0.39, 0.29) is 21.6 Å². The van der Waals surface area contributed by atoms with E-state index in [4.69, 9.17) is 34.8 Å². The normalized spacial score (nSPS) is 14.6. The van der Waals surface area contributed by atoms with Gasteiger partial charge in [-0.1, -0.05) is 59.1 Å². The van der Waals surface area contributed by atoms with Crippen molar-refractivity contribution in [3.63, 3.8) is 0 Å². The molecule has 0 aromatic heterocycles. The van der Waals surface area contributed by atoms with Gasteiger partial charge in [-0.15, -0.1) is 5.10 Å². The van der Waals surface area contributed by atoms with Gasteiger partial charge in [-0.25, -0.2) is 4.99 Å². The number of benzene rings is 3. The molecule has 6 nitrogen and oxygen atoms in total. The Morgan fingerprint density at radius 1 is 0.806 bits per heavy atom. The summed E-state index contributed by atoms with van der Waals surface area (Å²) in [6.07, 6.45) is 3.42. The lowest BCUT2D eigenvalue weighted by Crippen LogP contribution is -2.22. The Labute approximate surface area is 225 Å². The van der Waals surface area contributed by atoms with E-state index in [0.717, 1.165) is 22.5 Å². The fourth-order valence-electron chi connectivity index (χ4n) is 3.54. The number of hydrogen-bond acceptors (Lipinski definition) is 5. The lowest BCUT2D eigenvalue weighted by atomic mass is 10.1. The zero-order valence-corrected chi connectivity index (χ0v) is 22.5. The molecule has 184 valence electrons. The molecule has 36 heavy (non-hydrogen) atoms. The molecular weight excluding hydrogens is 517 g/mol. The summed E-state index contributed by atoms with van der Waals surface area (Å²) in [7, 11) is 7.89. The zero-order valence-electron chi connectivity index (χ0n) is 20.2. The topological polar surface area (TPSA) is 51.5 Å². The Morgan fingerprint density at radius 3 is 1.81 bits per heavy atom. The quantitative estimate of drug-likeness (QED) is 0.269. The maximum Gasteiger partial charge on any atom is 0.282 e. The van der Waals surface area contributed by atoms with Gasteiger partial charge in [0.1, 0.15) is 5.69 Å². The monoisotopic (exact) mass is 539 g/mol. The molecule has 0 radical (unpaired) electrons. The van der Waals surface area contributed by atoms with Crippen LogP contribution in [-0.4, -0.2) is 46.1 Å². The summed E-state index contributed by atoms with van der Waals surface area (Å²) < 4.78 is 0. The molecule has 0 aliphatic carbocycles. The molecule has 0 spiro atoms. The van der Waals surface area contributed by atoms with Crippen LogP contribution < -0.4 is 14.8 Å². The van der Waals surface area contributed by atoms with Crippen molar-refractivity contribution in [2.75, 3.05) is 43.0 Å². The predicted octanol–water partition coefficient (Wildman–Crippen LogP) is 6.64. The van der Waals surface area contributed by atoms with E-state index in [1.807, 2.05) is 86.5 Å². The number of carbonyl (C=O) groups is 1. The first-order valence-electron chi connectivity index (χ1n) is 11.0. The molecule has 1 aliphatic heterocycles. The SMILES string of the molecule is CN(C)c1ccc(C=NC2=NN(c3c(Cl)cc(Cl)cc3Cl)C(=O)/C2=C\c2ccc(N(C)C)cc2)cc1. The molecule has 1 amide bonds. The highest BCUT2D eigenvalue weighted by Gasteiger charge is 2.33. The molecule has 0 unspecified atom stereocenters. The molecule has 9 heteroatoms. The Balaban J connectivity index is 1.75. The lowest BCUT2D eigenvalue weighted by Gasteiger charge is -2.15. The van der Waals surface area contributed by atoms with E-state index in [0.29, 0.717) is 10.6 Å². The first-order valence-corrected chi connectivity index (χ1v) is 12.2. The fourth-order valence-corrected chi connectivity index (χ4v) is 4.52. The molecular formula is C27H24Cl3N5O. The van der Waals surface area contributed by atoms with Crippen LogP contribution in [-0.2, 0) is 4.79 Å². The maximum absolute atomic E-state index is 13.5. The highest BCUT2D eigenvalue weighted by atomic mass is 35.5. The number of hydrazone groups is 1. The van der Waals surface area contributed by atoms with E-state index in [2.05, 4.69) is 10.1 Å². The van der Waals surface area contributed by atoms with Gasteiger partial charge in [0.15, 0.2) is 5.84 Å². The molecule has 0 N–H and O–H groups in total. The Hall–Kier alpha value is -3.32. The number of amidine groups is 1. The van der Waals surface area contributed by atoms with Crippen molar-refractivity contribution >= 4 is 75.9 Å². The van der Waals surface area contributed by atoms with Gasteiger partial charge < -0.3 is 9.80 Å². The Kier molecular flexibility index (Phi) is 7.69. The summed E-state index contributed by atoms with van der Waals surface area (Å²) >= 11 is 18.9. The Morgan fingerprint density at radius 2 is 1.31 bits per heavy atom. The molecule has 1 heterocycles. The van der Waals surface area contributed by atoms with E-state index in [1.54, 1.807) is 12.3 Å². The number of amides is 1. The highest BCUT2D eigenvalue weighted by Crippen LogP contribution is 2.39. The van der Waals surface area contributed by atoms with Gasteiger partial charge in [0, 0.05) is 50.8 Å². The standard InChI is InChI=1S/C27H24Cl3N5O/c1-33(2)20-9-5-17(6-10-20)13-22-26(31-16-18-7-11-21(12-8-18)34(3)4)32-35(27(22)36)25-23(29)14-19(28)15-24(25)30/h5-16H,1-4H3/b22-13-,31-16?. The van der Waals surface area contributed by atoms with Gasteiger partial charge in [0.25, 0.3) is 5.91 Å². The average molecular weight is 541 g/mol. The van der Waals surface area contributed by atoms with Crippen LogP contribution in [0.15, 0.2) is 76.3 Å². The molecule has 4 rings (SSSR count). The van der Waals surface area contributed by atoms with Crippen LogP contribution in [0.4, 0.5) is 17.1 Å². The van der Waals surface area contributed by atoms with Crippen molar-refractivity contribution in [3.05, 3.63) is 92.4 Å². The number of rotatable bonds is 5. The molecule has 0 saturated heterocycles. The van der Waals surface area contributed by atoms with Gasteiger partial charge >= 0.3 is 0 Å². The summed E-state index contributed by atoms with van der Waals surface area (Å²) in [4.78, 5) is 22.1. The largest absolute Gasteiger partial charge is 0.378 e. The van der Waals surface area contributed by atoms with Gasteiger partial charge in [-0.3, -0.25) is 4.79 Å². The molecule has 3 aromatic carbocycles. The molecule has 0 fully saturated rings. The van der Waals surface area contributed by atoms with Crippen molar-refractivity contribution in [3.8, 4) is 0 Å². The third-order valence-corrected chi connectivity index (χ3v) is 6.31. The number of anilines is 3. The molecule has 1 aliphatic rings. The third kappa shape index (κ3) is 5.57. The van der Waals surface area contributed by atoms with Crippen molar-refractivity contribution in [1.29, 1.82) is 0 Å². The minimum Gasteiger partial charge on any atom is -0.378 e. The number of halogens is 3. The Bertz CT molecular complexity index is 1350. The minimum atomic E-state index is -0.395. The summed E-state index contributed by atoms with van der Waals surface area (Å²) in [5, 5.41) is 6.44. The van der Waals surface area contributed by atoms with Crippen LogP contribution in [0.3, 0.4) is 0 Å². The van der Waals surface area contributed by atoms with E-state index < -0.39 is 5.91 Å². The van der Waals surface area contributed by atoms with E-state index in [9.17, 15) is 4.79 Å². The average Bonchev–Trinajstić information content (AvgIpc) is 3.12. The van der Waals surface area contributed by atoms with Crippen LogP contribution in [0.25, 0.3) is 6.08 Å². The van der Waals surface area contributed by atoms with E-state index >= 15 is 0 Å². The second-order valence-electron chi connectivity index (χ2n) is 8.55. The van der Waals surface area contributed by atoms with Crippen LogP contribution in [0.2, 0.25) is 15.1 Å². The van der Waals surface area contributed by atoms with Gasteiger partial charge in [0.2, 0.25) is 0 Å². The third-order valence-electron chi connectivity index (χ3n) is 5.52. The zero-order chi connectivity index (χ0) is 26.0. The number of nitrogens with zero attached hydrogens (tertiary/aromatic N) is 5. The predicted molar refractivity (Wildman–Crippen MR) is 154 cm³/mol. The van der Waals surface area contributed by atoms with Crippen molar-refractivity contribution < 1.29 is 4.79 Å². The lowest BCUT2D eigenvalue weighted by molar-refractivity contribution is -0.114. The molecule has 3 aromatic rings. The molecule has 0 saturated carbocycles. The fraction of sp³-hybridized carbons (Fsp3) is 0.148. The summed E-state index contributed by atoms with van der Waals surface area (Å²) in [5.41, 5.74) is 4.38. The van der Waals surface area contributed by atoms with Gasteiger partial charge in [-0.2, -0.15) is 5.01 Å². The summed E-state index contributed by atoms with van der Waals surface area (Å²) in [5.74, 6) is -0.150.